The van der Waals surface area contributed by atoms with Crippen LogP contribution in [0.2, 0.25) is 0 Å². The molecule has 234 valence electrons. The van der Waals surface area contributed by atoms with E-state index in [4.69, 9.17) is 4.74 Å². The van der Waals surface area contributed by atoms with Gasteiger partial charge in [0.25, 0.3) is 5.91 Å². The summed E-state index contributed by atoms with van der Waals surface area (Å²) in [6, 6.07) is 13.5. The van der Waals surface area contributed by atoms with Gasteiger partial charge in [0.2, 0.25) is 5.91 Å². The van der Waals surface area contributed by atoms with Crippen LogP contribution in [0, 0.1) is 0 Å². The lowest BCUT2D eigenvalue weighted by atomic mass is 9.94. The maximum absolute atomic E-state index is 13.3. The predicted octanol–water partition coefficient (Wildman–Crippen LogP) is 7.43. The van der Waals surface area contributed by atoms with Crippen molar-refractivity contribution >= 4 is 58.0 Å². The van der Waals surface area contributed by atoms with Gasteiger partial charge in [0.1, 0.15) is 23.5 Å². The molecular formula is C34H35N7O3P2. The first-order valence-electron chi connectivity index (χ1n) is 15.9. The summed E-state index contributed by atoms with van der Waals surface area (Å²) in [6.45, 7) is 2.75. The Labute approximate surface area is 271 Å². The summed E-state index contributed by atoms with van der Waals surface area (Å²) >= 11 is 0. The van der Waals surface area contributed by atoms with Gasteiger partial charge in [-0.3, -0.25) is 14.6 Å². The van der Waals surface area contributed by atoms with Crippen molar-refractivity contribution in [2.75, 3.05) is 26.5 Å². The van der Waals surface area contributed by atoms with E-state index in [-0.39, 0.29) is 17.9 Å². The molecule has 2 aliphatic heterocycles. The molecule has 3 aromatic heterocycles. The summed E-state index contributed by atoms with van der Waals surface area (Å²) in [5.74, 6) is 2.27. The van der Waals surface area contributed by atoms with Gasteiger partial charge in [-0.1, -0.05) is 0 Å². The quantitative estimate of drug-likeness (QED) is 0.170. The zero-order valence-corrected chi connectivity index (χ0v) is 27.5. The number of hydrogen-bond donors (Lipinski definition) is 2. The Kier molecular flexibility index (Phi) is 7.79. The number of carbonyl (C=O) groups excluding carboxylic acids is 2. The first-order valence-corrected chi connectivity index (χ1v) is 17.9. The van der Waals surface area contributed by atoms with E-state index in [1.54, 1.807) is 24.7 Å². The van der Waals surface area contributed by atoms with Gasteiger partial charge in [-0.25, -0.2) is 9.97 Å². The SMILES string of the molecule is CC1Oc2cc(N3CCCC3=O)ccc2-c2cnc(Nc3cncc(NC(=O)c4ccnc(N(PC5CC5)PC5CC5)c4)c3)cc21. The molecule has 1 aromatic carbocycles. The van der Waals surface area contributed by atoms with E-state index in [2.05, 4.69) is 30.0 Å². The highest BCUT2D eigenvalue weighted by Gasteiger charge is 2.31. The average Bonchev–Trinajstić information content (AvgIpc) is 4.01. The first kappa shape index (κ1) is 29.3. The highest BCUT2D eigenvalue weighted by atomic mass is 31.1. The fraction of sp³-hybridized carbons (Fsp3) is 0.324. The number of carbonyl (C=O) groups is 2. The molecule has 8 rings (SSSR count). The van der Waals surface area contributed by atoms with E-state index in [9.17, 15) is 9.59 Å². The minimum Gasteiger partial charge on any atom is -0.485 e. The van der Waals surface area contributed by atoms with Gasteiger partial charge in [-0.05, 0) is 104 Å². The number of anilines is 5. The first-order chi connectivity index (χ1) is 22.5. The van der Waals surface area contributed by atoms with Crippen molar-refractivity contribution in [2.45, 2.75) is 62.9 Å². The maximum atomic E-state index is 13.3. The Morgan fingerprint density at radius 1 is 0.957 bits per heavy atom. The Balaban J connectivity index is 0.964. The number of benzene rings is 1. The summed E-state index contributed by atoms with van der Waals surface area (Å²) in [6.07, 6.45) is 13.4. The van der Waals surface area contributed by atoms with Crippen molar-refractivity contribution in [2.24, 2.45) is 0 Å². The molecule has 1 saturated heterocycles. The number of hydrogen-bond acceptors (Lipinski definition) is 8. The molecule has 4 aromatic rings. The van der Waals surface area contributed by atoms with Gasteiger partial charge >= 0.3 is 0 Å². The third kappa shape index (κ3) is 6.29. The smallest absolute Gasteiger partial charge is 0.255 e. The van der Waals surface area contributed by atoms with Gasteiger partial charge in [0, 0.05) is 59.4 Å². The zero-order valence-electron chi connectivity index (χ0n) is 25.5. The zero-order chi connectivity index (χ0) is 31.2. The second-order valence-corrected chi connectivity index (χ2v) is 15.8. The Morgan fingerprint density at radius 3 is 2.52 bits per heavy atom. The van der Waals surface area contributed by atoms with Crippen LogP contribution >= 0.6 is 17.5 Å². The lowest BCUT2D eigenvalue weighted by Crippen LogP contribution is -2.24. The van der Waals surface area contributed by atoms with Crippen molar-refractivity contribution in [3.8, 4) is 16.9 Å². The molecule has 2 N–H and O–H groups in total. The molecular weight excluding hydrogens is 616 g/mol. The van der Waals surface area contributed by atoms with Gasteiger partial charge < -0.3 is 24.7 Å². The van der Waals surface area contributed by atoms with Gasteiger partial charge in [-0.2, -0.15) is 0 Å². The molecule has 3 unspecified atom stereocenters. The molecule has 2 aliphatic carbocycles. The fourth-order valence-electron chi connectivity index (χ4n) is 5.84. The van der Waals surface area contributed by atoms with Crippen LogP contribution < -0.4 is 24.7 Å². The largest absolute Gasteiger partial charge is 0.485 e. The molecule has 46 heavy (non-hydrogen) atoms. The lowest BCUT2D eigenvalue weighted by molar-refractivity contribution is -0.117. The van der Waals surface area contributed by atoms with Crippen LogP contribution in [0.1, 0.15) is 67.5 Å². The van der Waals surface area contributed by atoms with E-state index in [0.717, 1.165) is 75.7 Å². The summed E-state index contributed by atoms with van der Waals surface area (Å²) in [5, 5.41) is 6.34. The van der Waals surface area contributed by atoms with Crippen LogP contribution in [0.25, 0.3) is 11.1 Å². The molecule has 0 radical (unpaired) electrons. The summed E-state index contributed by atoms with van der Waals surface area (Å²) in [7, 11) is 1.49. The molecule has 2 saturated carbocycles. The number of aromatic nitrogens is 3. The third-order valence-corrected chi connectivity index (χ3v) is 12.2. The molecule has 3 fully saturated rings. The lowest BCUT2D eigenvalue weighted by Gasteiger charge is -2.28. The average molecular weight is 652 g/mol. The van der Waals surface area contributed by atoms with E-state index >= 15 is 0 Å². The number of fused-ring (bicyclic) bond motifs is 3. The Hall–Kier alpha value is -4.13. The third-order valence-electron chi connectivity index (χ3n) is 8.60. The van der Waals surface area contributed by atoms with Crippen molar-refractivity contribution in [1.29, 1.82) is 0 Å². The Morgan fingerprint density at radius 2 is 1.76 bits per heavy atom. The van der Waals surface area contributed by atoms with Crippen LogP contribution in [0.15, 0.2) is 67.3 Å². The van der Waals surface area contributed by atoms with Gasteiger partial charge in [-0.15, -0.1) is 0 Å². The molecule has 0 spiro atoms. The minimum atomic E-state index is -0.199. The second kappa shape index (κ2) is 12.2. The molecule has 2 amide bonds. The summed E-state index contributed by atoms with van der Waals surface area (Å²) < 4.78 is 8.73. The van der Waals surface area contributed by atoms with Crippen molar-refractivity contribution < 1.29 is 14.3 Å². The number of rotatable bonds is 10. The van der Waals surface area contributed by atoms with Crippen LogP contribution in [-0.4, -0.2) is 44.6 Å². The molecule has 10 nitrogen and oxygen atoms in total. The molecule has 0 bridgehead atoms. The number of ether oxygens (including phenoxy) is 1. The van der Waals surface area contributed by atoms with Crippen LogP contribution in [0.3, 0.4) is 0 Å². The highest BCUT2D eigenvalue weighted by Crippen LogP contribution is 2.53. The molecule has 4 aliphatic rings. The van der Waals surface area contributed by atoms with E-state index in [1.165, 1.54) is 25.7 Å². The van der Waals surface area contributed by atoms with E-state index in [0.29, 0.717) is 29.2 Å². The van der Waals surface area contributed by atoms with Gasteiger partial charge in [0.05, 0.1) is 23.8 Å². The normalized spacial score (nSPS) is 18.9. The standard InChI is InChI=1S/C34H35N7O3P2/c1-20-28-16-31(37-19-29(28)27-9-4-24(15-30(27)44-20)40-12-2-3-33(40)42)38-22-14-23(18-35-17-22)39-34(43)21-10-11-36-32(13-21)41(45-25-5-6-25)46-26-7-8-26/h4,9-11,13-20,25-26,45-46H,2-3,5-8,12H2,1H3,(H,37,38)(H,39,43). The van der Waals surface area contributed by atoms with Crippen LogP contribution in [-0.2, 0) is 4.79 Å². The molecule has 3 atom stereocenters. The highest BCUT2D eigenvalue weighted by molar-refractivity contribution is 7.60. The van der Waals surface area contributed by atoms with E-state index < -0.39 is 0 Å². The molecule has 12 heteroatoms. The van der Waals surface area contributed by atoms with Crippen molar-refractivity contribution in [3.05, 3.63) is 78.4 Å². The number of amides is 2. The fourth-order valence-corrected chi connectivity index (χ4v) is 9.33. The number of nitrogens with one attached hydrogen (secondary N) is 2. The predicted molar refractivity (Wildman–Crippen MR) is 185 cm³/mol. The van der Waals surface area contributed by atoms with E-state index in [1.807, 2.05) is 54.4 Å². The Bertz CT molecular complexity index is 1820. The second-order valence-electron chi connectivity index (χ2n) is 12.3. The van der Waals surface area contributed by atoms with Crippen molar-refractivity contribution in [3.63, 3.8) is 0 Å². The van der Waals surface area contributed by atoms with Crippen molar-refractivity contribution in [1.82, 2.24) is 15.0 Å². The number of pyridine rings is 3. The van der Waals surface area contributed by atoms with Gasteiger partial charge in [0.15, 0.2) is 0 Å². The monoisotopic (exact) mass is 651 g/mol. The van der Waals surface area contributed by atoms with Crippen LogP contribution in [0.5, 0.6) is 5.75 Å². The summed E-state index contributed by atoms with van der Waals surface area (Å²) in [4.78, 5) is 41.1. The maximum Gasteiger partial charge on any atom is 0.255 e. The molecule has 5 heterocycles. The summed E-state index contributed by atoms with van der Waals surface area (Å²) in [5.41, 5.74) is 7.28. The topological polar surface area (TPSA) is 113 Å². The number of nitrogens with zero attached hydrogens (tertiary/aromatic N) is 5. The minimum absolute atomic E-state index is 0.154. The van der Waals surface area contributed by atoms with Crippen LogP contribution in [0.4, 0.5) is 28.7 Å².